The van der Waals surface area contributed by atoms with E-state index < -0.39 is 11.6 Å². The van der Waals surface area contributed by atoms with Crippen molar-refractivity contribution in [3.63, 3.8) is 0 Å². The van der Waals surface area contributed by atoms with Gasteiger partial charge in [-0.2, -0.15) is 0 Å². The molecule has 0 radical (unpaired) electrons. The van der Waals surface area contributed by atoms with Crippen LogP contribution in [-0.2, 0) is 6.54 Å². The maximum atomic E-state index is 13.7. The largest absolute Gasteiger partial charge is 0.339 e. The predicted molar refractivity (Wildman–Crippen MR) is 92.7 cm³/mol. The molecule has 1 aliphatic heterocycles. The van der Waals surface area contributed by atoms with Crippen molar-refractivity contribution in [2.75, 3.05) is 33.2 Å². The summed E-state index contributed by atoms with van der Waals surface area (Å²) in [6.07, 6.45) is 5.11. The molecule has 2 heterocycles. The zero-order chi connectivity index (χ0) is 18.5. The average Bonchev–Trinajstić information content (AvgIpc) is 3.12. The Morgan fingerprint density at radius 2 is 1.88 bits per heavy atom. The molecule has 1 aliphatic rings. The number of aromatic nitrogens is 3. The Morgan fingerprint density at radius 3 is 2.58 bits per heavy atom. The number of hydrogen-bond donors (Lipinski definition) is 0. The van der Waals surface area contributed by atoms with Crippen molar-refractivity contribution in [3.05, 3.63) is 47.3 Å². The van der Waals surface area contributed by atoms with Crippen LogP contribution in [0.25, 0.3) is 0 Å². The molecule has 1 aromatic carbocycles. The van der Waals surface area contributed by atoms with Gasteiger partial charge >= 0.3 is 0 Å². The normalized spacial score (nSPS) is 15.2. The molecule has 0 spiro atoms. The molecule has 26 heavy (non-hydrogen) atoms. The monoisotopic (exact) mass is 363 g/mol. The topological polar surface area (TPSA) is 54.3 Å². The van der Waals surface area contributed by atoms with E-state index >= 15 is 0 Å². The van der Waals surface area contributed by atoms with Crippen molar-refractivity contribution in [2.45, 2.75) is 25.8 Å². The van der Waals surface area contributed by atoms with Crippen molar-refractivity contribution < 1.29 is 13.6 Å². The standard InChI is InChI=1S/C18H23F2N5O/c1-23(10-11-24-8-3-2-4-9-24)18(26)17-13-25(22-21-17)12-14-15(19)6-5-7-16(14)20/h5-7,13H,2-4,8-12H2,1H3. The number of rotatable bonds is 6. The predicted octanol–water partition coefficient (Wildman–Crippen LogP) is 2.16. The molecule has 2 aromatic rings. The number of likely N-dealkylation sites (tertiary alicyclic amines) is 1. The van der Waals surface area contributed by atoms with Gasteiger partial charge < -0.3 is 9.80 Å². The summed E-state index contributed by atoms with van der Waals surface area (Å²) in [5, 5.41) is 7.67. The first kappa shape index (κ1) is 18.4. The number of hydrogen-bond acceptors (Lipinski definition) is 4. The van der Waals surface area contributed by atoms with Gasteiger partial charge in [-0.15, -0.1) is 5.10 Å². The Hall–Kier alpha value is -2.35. The molecule has 6 nitrogen and oxygen atoms in total. The van der Waals surface area contributed by atoms with Crippen LogP contribution < -0.4 is 0 Å². The Morgan fingerprint density at radius 1 is 1.19 bits per heavy atom. The van der Waals surface area contributed by atoms with Crippen LogP contribution in [0, 0.1) is 11.6 Å². The van der Waals surface area contributed by atoms with E-state index in [-0.39, 0.29) is 23.7 Å². The first-order valence-electron chi connectivity index (χ1n) is 8.85. The SMILES string of the molecule is CN(CCN1CCCCC1)C(=O)c1cn(Cc2c(F)cccc2F)nn1. The van der Waals surface area contributed by atoms with Crippen LogP contribution in [0.4, 0.5) is 8.78 Å². The minimum absolute atomic E-state index is 0.102. The smallest absolute Gasteiger partial charge is 0.275 e. The first-order chi connectivity index (χ1) is 12.5. The highest BCUT2D eigenvalue weighted by Gasteiger charge is 2.18. The van der Waals surface area contributed by atoms with Crippen LogP contribution in [0.2, 0.25) is 0 Å². The third kappa shape index (κ3) is 4.43. The molecule has 1 saturated heterocycles. The third-order valence-electron chi connectivity index (χ3n) is 4.69. The fourth-order valence-electron chi connectivity index (χ4n) is 3.09. The molecule has 140 valence electrons. The van der Waals surface area contributed by atoms with Crippen molar-refractivity contribution in [3.8, 4) is 0 Å². The number of carbonyl (C=O) groups is 1. The highest BCUT2D eigenvalue weighted by Crippen LogP contribution is 2.13. The quantitative estimate of drug-likeness (QED) is 0.789. The van der Waals surface area contributed by atoms with E-state index in [9.17, 15) is 13.6 Å². The molecule has 8 heteroatoms. The van der Waals surface area contributed by atoms with E-state index in [0.29, 0.717) is 6.54 Å². The van der Waals surface area contributed by atoms with Crippen molar-refractivity contribution >= 4 is 5.91 Å². The maximum absolute atomic E-state index is 13.7. The molecular weight excluding hydrogens is 340 g/mol. The highest BCUT2D eigenvalue weighted by molar-refractivity contribution is 5.91. The van der Waals surface area contributed by atoms with E-state index in [1.165, 1.54) is 48.3 Å². The second-order valence-electron chi connectivity index (χ2n) is 6.63. The van der Waals surface area contributed by atoms with Gasteiger partial charge in [0.2, 0.25) is 0 Å². The molecule has 1 aromatic heterocycles. The van der Waals surface area contributed by atoms with Gasteiger partial charge in [-0.25, -0.2) is 13.5 Å². The maximum Gasteiger partial charge on any atom is 0.275 e. The Bertz CT molecular complexity index is 738. The molecule has 0 saturated carbocycles. The first-order valence-corrected chi connectivity index (χ1v) is 8.85. The van der Waals surface area contributed by atoms with Crippen molar-refractivity contribution in [1.29, 1.82) is 0 Å². The summed E-state index contributed by atoms with van der Waals surface area (Å²) < 4.78 is 28.7. The Labute approximate surface area is 151 Å². The summed E-state index contributed by atoms with van der Waals surface area (Å²) in [7, 11) is 1.72. The molecule has 0 N–H and O–H groups in total. The molecule has 1 fully saturated rings. The zero-order valence-electron chi connectivity index (χ0n) is 14.9. The van der Waals surface area contributed by atoms with Gasteiger partial charge in [0.25, 0.3) is 5.91 Å². The summed E-state index contributed by atoms with van der Waals surface area (Å²) in [6.45, 7) is 3.47. The third-order valence-corrected chi connectivity index (χ3v) is 4.69. The van der Waals surface area contributed by atoms with Crippen LogP contribution in [0.5, 0.6) is 0 Å². The summed E-state index contributed by atoms with van der Waals surface area (Å²) in [5.41, 5.74) is 0.0674. The summed E-state index contributed by atoms with van der Waals surface area (Å²) in [6, 6.07) is 3.69. The molecule has 3 rings (SSSR count). The lowest BCUT2D eigenvalue weighted by Gasteiger charge is -2.28. The number of likely N-dealkylation sites (N-methyl/N-ethyl adjacent to an activating group) is 1. The zero-order valence-corrected chi connectivity index (χ0v) is 14.9. The Kier molecular flexibility index (Phi) is 5.92. The van der Waals surface area contributed by atoms with Crippen LogP contribution in [0.3, 0.4) is 0 Å². The van der Waals surface area contributed by atoms with Gasteiger partial charge in [-0.05, 0) is 38.1 Å². The minimum atomic E-state index is -0.646. The van der Waals surface area contributed by atoms with Crippen LogP contribution in [0.1, 0.15) is 35.3 Å². The van der Waals surface area contributed by atoms with E-state index in [4.69, 9.17) is 0 Å². The second-order valence-corrected chi connectivity index (χ2v) is 6.63. The number of piperidine rings is 1. The number of nitrogens with zero attached hydrogens (tertiary/aromatic N) is 5. The fraction of sp³-hybridized carbons (Fsp3) is 0.500. The van der Waals surface area contributed by atoms with E-state index in [2.05, 4.69) is 15.2 Å². The van der Waals surface area contributed by atoms with Gasteiger partial charge in [-0.3, -0.25) is 4.79 Å². The average molecular weight is 363 g/mol. The molecule has 0 atom stereocenters. The number of carbonyl (C=O) groups excluding carboxylic acids is 1. The second kappa shape index (κ2) is 8.35. The van der Waals surface area contributed by atoms with Gasteiger partial charge in [0, 0.05) is 25.7 Å². The number of benzene rings is 1. The van der Waals surface area contributed by atoms with Gasteiger partial charge in [0.05, 0.1) is 12.7 Å². The Balaban J connectivity index is 1.58. The van der Waals surface area contributed by atoms with E-state index in [1.807, 2.05) is 0 Å². The highest BCUT2D eigenvalue weighted by atomic mass is 19.1. The van der Waals surface area contributed by atoms with Gasteiger partial charge in [0.1, 0.15) is 11.6 Å². The van der Waals surface area contributed by atoms with Crippen LogP contribution in [-0.4, -0.2) is 63.9 Å². The molecular formula is C18H23F2N5O. The van der Waals surface area contributed by atoms with Crippen molar-refractivity contribution in [2.24, 2.45) is 0 Å². The van der Waals surface area contributed by atoms with Gasteiger partial charge in [-0.1, -0.05) is 17.7 Å². The number of halogens is 2. The lowest BCUT2D eigenvalue weighted by molar-refractivity contribution is 0.0767. The summed E-state index contributed by atoms with van der Waals surface area (Å²) >= 11 is 0. The molecule has 0 bridgehead atoms. The molecule has 0 unspecified atom stereocenters. The van der Waals surface area contributed by atoms with E-state index in [1.54, 1.807) is 11.9 Å². The number of amides is 1. The van der Waals surface area contributed by atoms with Crippen LogP contribution >= 0.6 is 0 Å². The fourth-order valence-corrected chi connectivity index (χ4v) is 3.09. The molecule has 1 amide bonds. The van der Waals surface area contributed by atoms with Crippen LogP contribution in [0.15, 0.2) is 24.4 Å². The van der Waals surface area contributed by atoms with Gasteiger partial charge in [0.15, 0.2) is 5.69 Å². The summed E-state index contributed by atoms with van der Waals surface area (Å²) in [4.78, 5) is 16.4. The lowest BCUT2D eigenvalue weighted by atomic mass is 10.1. The van der Waals surface area contributed by atoms with E-state index in [0.717, 1.165) is 19.6 Å². The summed E-state index contributed by atoms with van der Waals surface area (Å²) in [5.74, 6) is -1.54. The lowest BCUT2D eigenvalue weighted by Crippen LogP contribution is -2.38. The molecule has 0 aliphatic carbocycles. The minimum Gasteiger partial charge on any atom is -0.339 e. The van der Waals surface area contributed by atoms with Crippen molar-refractivity contribution in [1.82, 2.24) is 24.8 Å².